The molecule has 1 saturated carbocycles. The summed E-state index contributed by atoms with van der Waals surface area (Å²) < 4.78 is 5.25. The monoisotopic (exact) mass is 269 g/mol. The van der Waals surface area contributed by atoms with Gasteiger partial charge in [-0.1, -0.05) is 25.7 Å². The third-order valence-electron chi connectivity index (χ3n) is 4.49. The number of rotatable bonds is 3. The van der Waals surface area contributed by atoms with Crippen molar-refractivity contribution in [2.24, 2.45) is 11.3 Å². The molecule has 0 radical (unpaired) electrons. The summed E-state index contributed by atoms with van der Waals surface area (Å²) in [6.45, 7) is 2.10. The number of carbonyl (C=O) groups excluding carboxylic acids is 1. The van der Waals surface area contributed by atoms with E-state index in [0.717, 1.165) is 25.7 Å². The lowest BCUT2D eigenvalue weighted by Crippen LogP contribution is -2.51. The van der Waals surface area contributed by atoms with Crippen LogP contribution in [0.3, 0.4) is 0 Å². The average molecular weight is 269 g/mol. The Bertz CT molecular complexity index is 349. The van der Waals surface area contributed by atoms with E-state index in [-0.39, 0.29) is 18.4 Å². The van der Waals surface area contributed by atoms with Crippen LogP contribution in [0.1, 0.15) is 45.4 Å². The van der Waals surface area contributed by atoms with Crippen LogP contribution in [0.25, 0.3) is 0 Å². The van der Waals surface area contributed by atoms with Crippen molar-refractivity contribution in [3.8, 4) is 0 Å². The molecule has 1 heterocycles. The van der Waals surface area contributed by atoms with Crippen molar-refractivity contribution in [2.75, 3.05) is 13.2 Å². The molecule has 19 heavy (non-hydrogen) atoms. The molecule has 1 saturated heterocycles. The lowest BCUT2D eigenvalue weighted by atomic mass is 9.85. The summed E-state index contributed by atoms with van der Waals surface area (Å²) in [6, 6.07) is -0.416. The predicted octanol–water partition coefficient (Wildman–Crippen LogP) is 1.56. The number of amides is 1. The third-order valence-corrected chi connectivity index (χ3v) is 4.49. The van der Waals surface area contributed by atoms with E-state index in [9.17, 15) is 14.7 Å². The molecule has 5 nitrogen and oxygen atoms in total. The first-order chi connectivity index (χ1) is 9.04. The minimum atomic E-state index is -1.000. The Balaban J connectivity index is 1.96. The van der Waals surface area contributed by atoms with Crippen LogP contribution in [0.4, 0.5) is 0 Å². The molecular formula is C14H23NO4. The number of carbonyl (C=O) groups is 2. The topological polar surface area (TPSA) is 75.6 Å². The molecule has 2 atom stereocenters. The first kappa shape index (κ1) is 14.3. The van der Waals surface area contributed by atoms with Crippen molar-refractivity contribution < 1.29 is 19.4 Å². The summed E-state index contributed by atoms with van der Waals surface area (Å²) in [4.78, 5) is 23.6. The van der Waals surface area contributed by atoms with E-state index in [1.165, 1.54) is 12.8 Å². The van der Waals surface area contributed by atoms with Crippen LogP contribution in [0, 0.1) is 11.3 Å². The van der Waals surface area contributed by atoms with Crippen LogP contribution in [0.2, 0.25) is 0 Å². The van der Waals surface area contributed by atoms with Gasteiger partial charge < -0.3 is 15.2 Å². The second-order valence-electron chi connectivity index (χ2n) is 5.99. The van der Waals surface area contributed by atoms with E-state index in [1.54, 1.807) is 6.92 Å². The smallest absolute Gasteiger partial charge is 0.313 e. The predicted molar refractivity (Wildman–Crippen MR) is 69.7 cm³/mol. The molecule has 2 rings (SSSR count). The summed E-state index contributed by atoms with van der Waals surface area (Å²) in [5.74, 6) is -0.859. The quantitative estimate of drug-likeness (QED) is 0.762. The SMILES string of the molecule is CC1(C(=O)O)COCC1NC(=O)C1CCCCCC1. The number of carboxylic acids is 1. The fraction of sp³-hybridized carbons (Fsp3) is 0.857. The number of ether oxygens (including phenoxy) is 1. The van der Waals surface area contributed by atoms with Crippen LogP contribution < -0.4 is 5.32 Å². The summed E-state index contributed by atoms with van der Waals surface area (Å²) >= 11 is 0. The molecule has 1 amide bonds. The van der Waals surface area contributed by atoms with Gasteiger partial charge in [0.25, 0.3) is 0 Å². The molecular weight excluding hydrogens is 246 g/mol. The zero-order valence-corrected chi connectivity index (χ0v) is 11.5. The van der Waals surface area contributed by atoms with Crippen LogP contribution in [-0.4, -0.2) is 36.2 Å². The fourth-order valence-corrected chi connectivity index (χ4v) is 2.92. The molecule has 1 aliphatic carbocycles. The molecule has 2 N–H and O–H groups in total. The minimum Gasteiger partial charge on any atom is -0.481 e. The number of aliphatic carboxylic acids is 1. The van der Waals surface area contributed by atoms with Crippen molar-refractivity contribution in [3.63, 3.8) is 0 Å². The van der Waals surface area contributed by atoms with Crippen LogP contribution in [0.5, 0.6) is 0 Å². The molecule has 2 unspecified atom stereocenters. The molecule has 2 fully saturated rings. The number of hydrogen-bond donors (Lipinski definition) is 2. The molecule has 0 spiro atoms. The zero-order valence-electron chi connectivity index (χ0n) is 11.5. The lowest BCUT2D eigenvalue weighted by Gasteiger charge is -2.27. The largest absolute Gasteiger partial charge is 0.481 e. The van der Waals surface area contributed by atoms with Gasteiger partial charge in [0.15, 0.2) is 0 Å². The second-order valence-corrected chi connectivity index (χ2v) is 5.99. The van der Waals surface area contributed by atoms with Gasteiger partial charge in [0.2, 0.25) is 5.91 Å². The van der Waals surface area contributed by atoms with E-state index < -0.39 is 17.4 Å². The van der Waals surface area contributed by atoms with Crippen LogP contribution >= 0.6 is 0 Å². The van der Waals surface area contributed by atoms with Gasteiger partial charge in [0.05, 0.1) is 19.3 Å². The Labute approximate surface area is 113 Å². The van der Waals surface area contributed by atoms with Crippen molar-refractivity contribution in [1.29, 1.82) is 0 Å². The zero-order chi connectivity index (χ0) is 13.9. The molecule has 0 aromatic rings. The van der Waals surface area contributed by atoms with E-state index in [1.807, 2.05) is 0 Å². The highest BCUT2D eigenvalue weighted by Gasteiger charge is 2.47. The normalized spacial score (nSPS) is 32.8. The highest BCUT2D eigenvalue weighted by molar-refractivity contribution is 5.81. The molecule has 0 aromatic heterocycles. The molecule has 108 valence electrons. The Morgan fingerprint density at radius 1 is 1.21 bits per heavy atom. The van der Waals surface area contributed by atoms with Gasteiger partial charge >= 0.3 is 5.97 Å². The first-order valence-corrected chi connectivity index (χ1v) is 7.15. The van der Waals surface area contributed by atoms with Gasteiger partial charge in [-0.15, -0.1) is 0 Å². The van der Waals surface area contributed by atoms with Crippen molar-refractivity contribution in [2.45, 2.75) is 51.5 Å². The summed E-state index contributed by atoms with van der Waals surface area (Å²) in [7, 11) is 0. The number of nitrogens with one attached hydrogen (secondary N) is 1. The maximum Gasteiger partial charge on any atom is 0.313 e. The van der Waals surface area contributed by atoms with Gasteiger partial charge in [0.1, 0.15) is 5.41 Å². The second kappa shape index (κ2) is 5.90. The number of carboxylic acid groups (broad SMARTS) is 1. The Hall–Kier alpha value is -1.10. The first-order valence-electron chi connectivity index (χ1n) is 7.15. The van der Waals surface area contributed by atoms with Gasteiger partial charge in [-0.25, -0.2) is 0 Å². The van der Waals surface area contributed by atoms with Crippen molar-refractivity contribution >= 4 is 11.9 Å². The number of hydrogen-bond acceptors (Lipinski definition) is 3. The van der Waals surface area contributed by atoms with E-state index >= 15 is 0 Å². The minimum absolute atomic E-state index is 0.00451. The summed E-state index contributed by atoms with van der Waals surface area (Å²) in [6.07, 6.45) is 6.42. The molecule has 1 aliphatic heterocycles. The van der Waals surface area contributed by atoms with Crippen molar-refractivity contribution in [3.05, 3.63) is 0 Å². The van der Waals surface area contributed by atoms with Crippen LogP contribution in [-0.2, 0) is 14.3 Å². The van der Waals surface area contributed by atoms with E-state index in [4.69, 9.17) is 4.74 Å². The average Bonchev–Trinajstić information content (AvgIpc) is 2.61. The fourth-order valence-electron chi connectivity index (χ4n) is 2.92. The van der Waals surface area contributed by atoms with E-state index in [0.29, 0.717) is 6.61 Å². The third kappa shape index (κ3) is 3.08. The molecule has 5 heteroatoms. The summed E-state index contributed by atoms with van der Waals surface area (Å²) in [5, 5.41) is 12.2. The van der Waals surface area contributed by atoms with Crippen molar-refractivity contribution in [1.82, 2.24) is 5.32 Å². The molecule has 0 bridgehead atoms. The summed E-state index contributed by atoms with van der Waals surface area (Å²) in [5.41, 5.74) is -1.000. The van der Waals surface area contributed by atoms with Gasteiger partial charge in [-0.3, -0.25) is 9.59 Å². The van der Waals surface area contributed by atoms with E-state index in [2.05, 4.69) is 5.32 Å². The maximum atomic E-state index is 12.3. The maximum absolute atomic E-state index is 12.3. The highest BCUT2D eigenvalue weighted by Crippen LogP contribution is 2.30. The highest BCUT2D eigenvalue weighted by atomic mass is 16.5. The standard InChI is InChI=1S/C14H23NO4/c1-14(13(17)18)9-19-8-11(14)15-12(16)10-6-4-2-3-5-7-10/h10-11H,2-9H2,1H3,(H,15,16)(H,17,18). The Morgan fingerprint density at radius 2 is 1.84 bits per heavy atom. The van der Waals surface area contributed by atoms with Gasteiger partial charge in [-0.05, 0) is 19.8 Å². The Morgan fingerprint density at radius 3 is 2.42 bits per heavy atom. The molecule has 0 aromatic carbocycles. The van der Waals surface area contributed by atoms with Gasteiger partial charge in [-0.2, -0.15) is 0 Å². The van der Waals surface area contributed by atoms with Gasteiger partial charge in [0, 0.05) is 5.92 Å². The van der Waals surface area contributed by atoms with Crippen LogP contribution in [0.15, 0.2) is 0 Å². The lowest BCUT2D eigenvalue weighted by molar-refractivity contribution is -0.149. The Kier molecular flexibility index (Phi) is 4.45. The molecule has 2 aliphatic rings.